The van der Waals surface area contributed by atoms with Gasteiger partial charge in [0.05, 0.1) is 12.5 Å². The molecule has 0 radical (unpaired) electrons. The molecule has 1 aliphatic carbocycles. The van der Waals surface area contributed by atoms with E-state index in [1.807, 2.05) is 36.1 Å². The molecule has 114 valence electrons. The molecule has 1 amide bonds. The van der Waals surface area contributed by atoms with Crippen LogP contribution in [0, 0.1) is 9.49 Å². The Kier molecular flexibility index (Phi) is 5.61. The Labute approximate surface area is 139 Å². The second-order valence-electron chi connectivity index (χ2n) is 5.35. The van der Waals surface area contributed by atoms with Gasteiger partial charge in [0.2, 0.25) is 0 Å². The molecule has 1 saturated carbocycles. The van der Waals surface area contributed by atoms with Gasteiger partial charge in [-0.1, -0.05) is 6.92 Å². The molecule has 1 aliphatic rings. The number of rotatable bonds is 6. The number of carbonyl (C=O) groups is 2. The molecule has 0 N–H and O–H groups in total. The van der Waals surface area contributed by atoms with Crippen LogP contribution in [0.15, 0.2) is 24.3 Å². The van der Waals surface area contributed by atoms with Crippen molar-refractivity contribution >= 4 is 34.5 Å². The highest BCUT2D eigenvalue weighted by molar-refractivity contribution is 14.1. The van der Waals surface area contributed by atoms with E-state index in [-0.39, 0.29) is 23.8 Å². The third kappa shape index (κ3) is 4.43. The van der Waals surface area contributed by atoms with Gasteiger partial charge >= 0.3 is 5.97 Å². The summed E-state index contributed by atoms with van der Waals surface area (Å²) in [6.07, 6.45) is 2.04. The second-order valence-corrected chi connectivity index (χ2v) is 6.59. The van der Waals surface area contributed by atoms with Gasteiger partial charge in [-0.15, -0.1) is 0 Å². The SMILES string of the molecule is CCOC(=O)C(C)CN(C(=O)c1ccc(I)cc1)C1CC1. The van der Waals surface area contributed by atoms with Gasteiger partial charge in [-0.3, -0.25) is 9.59 Å². The minimum absolute atomic E-state index is 0.00467. The summed E-state index contributed by atoms with van der Waals surface area (Å²) in [5.74, 6) is -0.526. The summed E-state index contributed by atoms with van der Waals surface area (Å²) in [4.78, 5) is 26.2. The van der Waals surface area contributed by atoms with Crippen molar-refractivity contribution in [3.05, 3.63) is 33.4 Å². The van der Waals surface area contributed by atoms with E-state index in [9.17, 15) is 9.59 Å². The highest BCUT2D eigenvalue weighted by Crippen LogP contribution is 2.29. The van der Waals surface area contributed by atoms with Crippen LogP contribution in [-0.2, 0) is 9.53 Å². The smallest absolute Gasteiger partial charge is 0.310 e. The van der Waals surface area contributed by atoms with E-state index in [0.717, 1.165) is 16.4 Å². The molecule has 1 aromatic carbocycles. The van der Waals surface area contributed by atoms with Crippen molar-refractivity contribution in [2.45, 2.75) is 32.7 Å². The monoisotopic (exact) mass is 401 g/mol. The van der Waals surface area contributed by atoms with E-state index >= 15 is 0 Å². The molecule has 1 atom stereocenters. The van der Waals surface area contributed by atoms with Crippen LogP contribution in [0.5, 0.6) is 0 Å². The number of hydrogen-bond donors (Lipinski definition) is 0. The number of carbonyl (C=O) groups excluding carboxylic acids is 2. The molecule has 0 spiro atoms. The van der Waals surface area contributed by atoms with Crippen LogP contribution in [0.25, 0.3) is 0 Å². The number of hydrogen-bond acceptors (Lipinski definition) is 3. The van der Waals surface area contributed by atoms with Gasteiger partial charge in [-0.05, 0) is 66.6 Å². The highest BCUT2D eigenvalue weighted by atomic mass is 127. The van der Waals surface area contributed by atoms with Crippen molar-refractivity contribution < 1.29 is 14.3 Å². The Morgan fingerprint density at radius 2 is 1.95 bits per heavy atom. The molecule has 0 aromatic heterocycles. The van der Waals surface area contributed by atoms with Crippen LogP contribution in [0.1, 0.15) is 37.0 Å². The molecule has 2 rings (SSSR count). The Morgan fingerprint density at radius 1 is 1.33 bits per heavy atom. The predicted octanol–water partition coefficient (Wildman–Crippen LogP) is 3.10. The Morgan fingerprint density at radius 3 is 2.48 bits per heavy atom. The summed E-state index contributed by atoms with van der Waals surface area (Å²) in [6, 6.07) is 7.80. The first-order chi connectivity index (χ1) is 10.0. The number of esters is 1. The average Bonchev–Trinajstić information content (AvgIpc) is 3.29. The van der Waals surface area contributed by atoms with Crippen molar-refractivity contribution in [2.75, 3.05) is 13.2 Å². The fourth-order valence-electron chi connectivity index (χ4n) is 2.20. The lowest BCUT2D eigenvalue weighted by molar-refractivity contribution is -0.147. The van der Waals surface area contributed by atoms with Crippen molar-refractivity contribution in [1.29, 1.82) is 0 Å². The number of amides is 1. The number of benzene rings is 1. The van der Waals surface area contributed by atoms with E-state index in [4.69, 9.17) is 4.74 Å². The Hall–Kier alpha value is -1.11. The van der Waals surface area contributed by atoms with E-state index in [2.05, 4.69) is 22.6 Å². The molecular formula is C16H20INO3. The van der Waals surface area contributed by atoms with Crippen molar-refractivity contribution in [2.24, 2.45) is 5.92 Å². The molecular weight excluding hydrogens is 381 g/mol. The van der Waals surface area contributed by atoms with Gasteiger partial charge < -0.3 is 9.64 Å². The van der Waals surface area contributed by atoms with E-state index in [1.165, 1.54) is 0 Å². The quantitative estimate of drug-likeness (QED) is 0.544. The zero-order chi connectivity index (χ0) is 15.4. The van der Waals surface area contributed by atoms with E-state index in [0.29, 0.717) is 18.7 Å². The first-order valence-corrected chi connectivity index (χ1v) is 8.34. The van der Waals surface area contributed by atoms with Gasteiger partial charge in [0, 0.05) is 21.7 Å². The summed E-state index contributed by atoms with van der Waals surface area (Å²) in [7, 11) is 0. The zero-order valence-corrected chi connectivity index (χ0v) is 14.5. The minimum Gasteiger partial charge on any atom is -0.466 e. The van der Waals surface area contributed by atoms with Gasteiger partial charge in [0.15, 0.2) is 0 Å². The van der Waals surface area contributed by atoms with Gasteiger partial charge in [-0.25, -0.2) is 0 Å². The zero-order valence-electron chi connectivity index (χ0n) is 12.3. The van der Waals surface area contributed by atoms with Crippen LogP contribution >= 0.6 is 22.6 Å². The maximum absolute atomic E-state index is 12.6. The maximum atomic E-state index is 12.6. The number of nitrogens with zero attached hydrogens (tertiary/aromatic N) is 1. The van der Waals surface area contributed by atoms with Crippen molar-refractivity contribution in [3.63, 3.8) is 0 Å². The molecule has 5 heteroatoms. The fourth-order valence-corrected chi connectivity index (χ4v) is 2.56. The molecule has 0 saturated heterocycles. The molecule has 1 aromatic rings. The lowest BCUT2D eigenvalue weighted by atomic mass is 10.1. The summed E-state index contributed by atoms with van der Waals surface area (Å²) in [5, 5.41) is 0. The fraction of sp³-hybridized carbons (Fsp3) is 0.500. The van der Waals surface area contributed by atoms with Gasteiger partial charge in [0.25, 0.3) is 5.91 Å². The molecule has 21 heavy (non-hydrogen) atoms. The van der Waals surface area contributed by atoms with E-state index < -0.39 is 0 Å². The van der Waals surface area contributed by atoms with Gasteiger partial charge in [0.1, 0.15) is 0 Å². The summed E-state index contributed by atoms with van der Waals surface area (Å²) in [6.45, 7) is 4.40. The second kappa shape index (κ2) is 7.24. The predicted molar refractivity (Wildman–Crippen MR) is 89.0 cm³/mol. The van der Waals surface area contributed by atoms with Crippen LogP contribution in [0.2, 0.25) is 0 Å². The standard InChI is InChI=1S/C16H20INO3/c1-3-21-16(20)11(2)10-18(14-8-9-14)15(19)12-4-6-13(17)7-5-12/h4-7,11,14H,3,8-10H2,1-2H3. The molecule has 0 bridgehead atoms. The van der Waals surface area contributed by atoms with Crippen molar-refractivity contribution in [1.82, 2.24) is 4.90 Å². The van der Waals surface area contributed by atoms with Crippen LogP contribution in [-0.4, -0.2) is 36.0 Å². The first kappa shape index (κ1) is 16.3. The molecule has 0 heterocycles. The highest BCUT2D eigenvalue weighted by Gasteiger charge is 2.35. The minimum atomic E-state index is -0.293. The molecule has 4 nitrogen and oxygen atoms in total. The Balaban J connectivity index is 2.06. The molecule has 1 fully saturated rings. The molecule has 0 aliphatic heterocycles. The summed E-state index contributed by atoms with van der Waals surface area (Å²) >= 11 is 2.21. The summed E-state index contributed by atoms with van der Waals surface area (Å²) < 4.78 is 6.13. The summed E-state index contributed by atoms with van der Waals surface area (Å²) in [5.41, 5.74) is 0.679. The lowest BCUT2D eigenvalue weighted by Gasteiger charge is -2.25. The van der Waals surface area contributed by atoms with Gasteiger partial charge in [-0.2, -0.15) is 0 Å². The van der Waals surface area contributed by atoms with E-state index in [1.54, 1.807) is 6.92 Å². The van der Waals surface area contributed by atoms with Crippen molar-refractivity contribution in [3.8, 4) is 0 Å². The normalized spacial score (nSPS) is 15.4. The van der Waals surface area contributed by atoms with Crippen LogP contribution < -0.4 is 0 Å². The first-order valence-electron chi connectivity index (χ1n) is 7.26. The average molecular weight is 401 g/mol. The van der Waals surface area contributed by atoms with Crippen LogP contribution in [0.4, 0.5) is 0 Å². The number of halogens is 1. The molecule has 1 unspecified atom stereocenters. The Bertz CT molecular complexity index is 511. The number of ether oxygens (including phenoxy) is 1. The third-order valence-corrected chi connectivity index (χ3v) is 4.22. The van der Waals surface area contributed by atoms with Crippen LogP contribution in [0.3, 0.4) is 0 Å². The topological polar surface area (TPSA) is 46.6 Å². The maximum Gasteiger partial charge on any atom is 0.310 e. The lowest BCUT2D eigenvalue weighted by Crippen LogP contribution is -2.39. The third-order valence-electron chi connectivity index (χ3n) is 3.50. The largest absolute Gasteiger partial charge is 0.466 e.